The lowest BCUT2D eigenvalue weighted by Crippen LogP contribution is -2.27. The van der Waals surface area contributed by atoms with Crippen molar-refractivity contribution in [3.63, 3.8) is 0 Å². The third-order valence-electron chi connectivity index (χ3n) is 3.95. The molecule has 1 aromatic heterocycles. The molecule has 3 rings (SSSR count). The number of methoxy groups -OCH3 is 1. The molecule has 1 N–H and O–H groups in total. The molecule has 0 spiro atoms. The SMILES string of the molecule is COc1ccc2c(=O)n(CC(=O)Nc3ccc(C)c(Cl)c3)ccc2c1. The number of aryl methyl sites for hydroxylation is 1. The number of amides is 1. The van der Waals surface area contributed by atoms with Crippen LogP contribution in [0.15, 0.2) is 53.5 Å². The van der Waals surface area contributed by atoms with Gasteiger partial charge in [-0.1, -0.05) is 17.7 Å². The van der Waals surface area contributed by atoms with E-state index in [1.165, 1.54) is 4.57 Å². The van der Waals surface area contributed by atoms with Crippen molar-refractivity contribution in [2.24, 2.45) is 0 Å². The molecule has 0 radical (unpaired) electrons. The number of rotatable bonds is 4. The van der Waals surface area contributed by atoms with Gasteiger partial charge >= 0.3 is 0 Å². The Kier molecular flexibility index (Phi) is 4.76. The zero-order chi connectivity index (χ0) is 18.0. The third-order valence-corrected chi connectivity index (χ3v) is 4.36. The van der Waals surface area contributed by atoms with Gasteiger partial charge in [-0.25, -0.2) is 0 Å². The molecule has 128 valence electrons. The number of hydrogen-bond acceptors (Lipinski definition) is 3. The quantitative estimate of drug-likeness (QED) is 0.776. The molecule has 6 heteroatoms. The normalized spacial score (nSPS) is 10.7. The van der Waals surface area contributed by atoms with Crippen LogP contribution in [0.25, 0.3) is 10.8 Å². The zero-order valence-electron chi connectivity index (χ0n) is 13.9. The number of benzene rings is 2. The fraction of sp³-hybridized carbons (Fsp3) is 0.158. The minimum absolute atomic E-state index is 0.0771. The minimum Gasteiger partial charge on any atom is -0.497 e. The molecule has 5 nitrogen and oxygen atoms in total. The van der Waals surface area contributed by atoms with E-state index in [0.29, 0.717) is 21.8 Å². The Bertz CT molecular complexity index is 1010. The van der Waals surface area contributed by atoms with Crippen LogP contribution in [0.4, 0.5) is 5.69 Å². The van der Waals surface area contributed by atoms with Gasteiger partial charge in [-0.2, -0.15) is 0 Å². The second-order valence-corrected chi connectivity index (χ2v) is 6.12. The van der Waals surface area contributed by atoms with Crippen LogP contribution < -0.4 is 15.6 Å². The zero-order valence-corrected chi connectivity index (χ0v) is 14.6. The summed E-state index contributed by atoms with van der Waals surface area (Å²) in [6.45, 7) is 1.81. The molecular weight excluding hydrogens is 340 g/mol. The number of fused-ring (bicyclic) bond motifs is 1. The number of carbonyl (C=O) groups excluding carboxylic acids is 1. The van der Waals surface area contributed by atoms with Crippen LogP contribution in [0.2, 0.25) is 5.02 Å². The lowest BCUT2D eigenvalue weighted by molar-refractivity contribution is -0.116. The molecule has 0 aliphatic heterocycles. The molecule has 0 atom stereocenters. The molecule has 25 heavy (non-hydrogen) atoms. The lowest BCUT2D eigenvalue weighted by atomic mass is 10.1. The van der Waals surface area contributed by atoms with Gasteiger partial charge in [0.1, 0.15) is 12.3 Å². The van der Waals surface area contributed by atoms with Crippen molar-refractivity contribution in [3.8, 4) is 5.75 Å². The van der Waals surface area contributed by atoms with E-state index in [9.17, 15) is 9.59 Å². The molecule has 3 aromatic rings. The van der Waals surface area contributed by atoms with Gasteiger partial charge in [0.05, 0.1) is 7.11 Å². The fourth-order valence-electron chi connectivity index (χ4n) is 2.54. The smallest absolute Gasteiger partial charge is 0.258 e. The van der Waals surface area contributed by atoms with Gasteiger partial charge in [-0.15, -0.1) is 0 Å². The molecule has 0 saturated heterocycles. The number of ether oxygens (including phenoxy) is 1. The summed E-state index contributed by atoms with van der Waals surface area (Å²) in [5.41, 5.74) is 1.30. The van der Waals surface area contributed by atoms with Gasteiger partial charge in [0, 0.05) is 22.3 Å². The molecule has 0 bridgehead atoms. The number of nitrogens with one attached hydrogen (secondary N) is 1. The molecule has 0 fully saturated rings. The Hall–Kier alpha value is -2.79. The molecule has 1 amide bonds. The summed E-state index contributed by atoms with van der Waals surface area (Å²) in [6.07, 6.45) is 1.60. The summed E-state index contributed by atoms with van der Waals surface area (Å²) < 4.78 is 6.53. The first kappa shape index (κ1) is 17.0. The maximum atomic E-state index is 12.5. The van der Waals surface area contributed by atoms with Crippen molar-refractivity contribution in [1.29, 1.82) is 0 Å². The van der Waals surface area contributed by atoms with Crippen molar-refractivity contribution >= 4 is 34.0 Å². The maximum absolute atomic E-state index is 12.5. The van der Waals surface area contributed by atoms with Crippen molar-refractivity contribution in [2.75, 3.05) is 12.4 Å². The third kappa shape index (κ3) is 3.67. The van der Waals surface area contributed by atoms with Crippen LogP contribution >= 0.6 is 11.6 Å². The van der Waals surface area contributed by atoms with Crippen molar-refractivity contribution in [1.82, 2.24) is 4.57 Å². The van der Waals surface area contributed by atoms with Crippen LogP contribution in [0.3, 0.4) is 0 Å². The van der Waals surface area contributed by atoms with Crippen LogP contribution in [0, 0.1) is 6.92 Å². The Morgan fingerprint density at radius 2 is 2.00 bits per heavy atom. The first-order valence-corrected chi connectivity index (χ1v) is 8.09. The van der Waals surface area contributed by atoms with E-state index in [4.69, 9.17) is 16.3 Å². The molecule has 1 heterocycles. The summed E-state index contributed by atoms with van der Waals surface area (Å²) in [5.74, 6) is 0.383. The van der Waals surface area contributed by atoms with E-state index in [1.807, 2.05) is 13.0 Å². The second-order valence-electron chi connectivity index (χ2n) is 5.71. The number of pyridine rings is 1. The highest BCUT2D eigenvalue weighted by Crippen LogP contribution is 2.20. The molecule has 0 aliphatic rings. The number of aromatic nitrogens is 1. The Balaban J connectivity index is 1.82. The standard InChI is InChI=1S/C19H17ClN2O3/c1-12-3-4-14(10-17(12)20)21-18(23)11-22-8-7-13-9-15(25-2)5-6-16(13)19(22)24/h3-10H,11H2,1-2H3,(H,21,23). The highest BCUT2D eigenvalue weighted by molar-refractivity contribution is 6.31. The molecule has 0 saturated carbocycles. The molecule has 2 aromatic carbocycles. The van der Waals surface area contributed by atoms with Crippen LogP contribution in [-0.2, 0) is 11.3 Å². The highest BCUT2D eigenvalue weighted by Gasteiger charge is 2.09. The van der Waals surface area contributed by atoms with Gasteiger partial charge in [-0.05, 0) is 54.3 Å². The first-order chi connectivity index (χ1) is 12.0. The van der Waals surface area contributed by atoms with Crippen LogP contribution in [0.5, 0.6) is 5.75 Å². The maximum Gasteiger partial charge on any atom is 0.258 e. The summed E-state index contributed by atoms with van der Waals surface area (Å²) >= 11 is 6.06. The number of hydrogen-bond donors (Lipinski definition) is 1. The van der Waals surface area contributed by atoms with Crippen molar-refractivity contribution < 1.29 is 9.53 Å². The minimum atomic E-state index is -0.296. The average Bonchev–Trinajstić information content (AvgIpc) is 2.60. The van der Waals surface area contributed by atoms with Crippen molar-refractivity contribution in [3.05, 3.63) is 69.6 Å². The predicted molar refractivity (Wildman–Crippen MR) is 99.6 cm³/mol. The monoisotopic (exact) mass is 356 g/mol. The highest BCUT2D eigenvalue weighted by atomic mass is 35.5. The van der Waals surface area contributed by atoms with Gasteiger partial charge in [0.2, 0.25) is 5.91 Å². The van der Waals surface area contributed by atoms with E-state index in [1.54, 1.807) is 49.7 Å². The van der Waals surface area contributed by atoms with Gasteiger partial charge < -0.3 is 14.6 Å². The average molecular weight is 357 g/mol. The van der Waals surface area contributed by atoms with E-state index in [-0.39, 0.29) is 18.0 Å². The number of halogens is 1. The van der Waals surface area contributed by atoms with Crippen LogP contribution in [-0.4, -0.2) is 17.6 Å². The van der Waals surface area contributed by atoms with E-state index in [2.05, 4.69) is 5.32 Å². The lowest BCUT2D eigenvalue weighted by Gasteiger charge is -2.10. The number of carbonyl (C=O) groups is 1. The predicted octanol–water partition coefficient (Wildman–Crippen LogP) is 3.61. The summed E-state index contributed by atoms with van der Waals surface area (Å²) in [5, 5.41) is 4.63. The van der Waals surface area contributed by atoms with Crippen molar-refractivity contribution in [2.45, 2.75) is 13.5 Å². The van der Waals surface area contributed by atoms with Crippen LogP contribution in [0.1, 0.15) is 5.56 Å². The summed E-state index contributed by atoms with van der Waals surface area (Å²) in [4.78, 5) is 24.8. The second kappa shape index (κ2) is 6.99. The summed E-state index contributed by atoms with van der Waals surface area (Å²) in [6, 6.07) is 12.3. The summed E-state index contributed by atoms with van der Waals surface area (Å²) in [7, 11) is 1.57. The topological polar surface area (TPSA) is 60.3 Å². The largest absolute Gasteiger partial charge is 0.497 e. The first-order valence-electron chi connectivity index (χ1n) is 7.71. The number of anilines is 1. The van der Waals surface area contributed by atoms with E-state index < -0.39 is 0 Å². The molecular formula is C19H17ClN2O3. The van der Waals surface area contributed by atoms with Gasteiger partial charge in [0.25, 0.3) is 5.56 Å². The fourth-order valence-corrected chi connectivity index (χ4v) is 2.72. The van der Waals surface area contributed by atoms with Gasteiger partial charge in [-0.3, -0.25) is 9.59 Å². The Labute approximate surface area is 149 Å². The number of nitrogens with zero attached hydrogens (tertiary/aromatic N) is 1. The Morgan fingerprint density at radius 1 is 1.20 bits per heavy atom. The Morgan fingerprint density at radius 3 is 2.72 bits per heavy atom. The van der Waals surface area contributed by atoms with E-state index >= 15 is 0 Å². The van der Waals surface area contributed by atoms with E-state index in [0.717, 1.165) is 10.9 Å². The molecule has 0 aliphatic carbocycles. The van der Waals surface area contributed by atoms with Gasteiger partial charge in [0.15, 0.2) is 0 Å². The molecule has 0 unspecified atom stereocenters.